The van der Waals surface area contributed by atoms with Gasteiger partial charge >= 0.3 is 0 Å². The molecule has 3 heteroatoms. The number of hydrogen-bond donors (Lipinski definition) is 0. The highest BCUT2D eigenvalue weighted by atomic mass is 16.5. The largest absolute Gasteiger partial charge is 0.471 e. The van der Waals surface area contributed by atoms with Gasteiger partial charge in [-0.25, -0.2) is 4.99 Å². The van der Waals surface area contributed by atoms with Crippen molar-refractivity contribution in [2.24, 2.45) is 10.9 Å². The lowest BCUT2D eigenvalue weighted by atomic mass is 10.0. The van der Waals surface area contributed by atoms with Crippen molar-refractivity contribution in [3.05, 3.63) is 35.9 Å². The van der Waals surface area contributed by atoms with Crippen molar-refractivity contribution in [3.63, 3.8) is 0 Å². The van der Waals surface area contributed by atoms with E-state index in [1.165, 1.54) is 5.56 Å². The molecule has 0 radical (unpaired) electrons. The van der Waals surface area contributed by atoms with Crippen LogP contribution < -0.4 is 0 Å². The number of methoxy groups -OCH3 is 1. The van der Waals surface area contributed by atoms with Crippen LogP contribution in [0.2, 0.25) is 0 Å². The van der Waals surface area contributed by atoms with Crippen LogP contribution in [0.4, 0.5) is 0 Å². The maximum atomic E-state index is 5.99. The lowest BCUT2D eigenvalue weighted by molar-refractivity contribution is 0.118. The zero-order valence-corrected chi connectivity index (χ0v) is 11.3. The summed E-state index contributed by atoms with van der Waals surface area (Å²) in [7, 11) is 1.71. The highest BCUT2D eigenvalue weighted by molar-refractivity contribution is 5.78. The molecule has 0 saturated heterocycles. The van der Waals surface area contributed by atoms with Crippen LogP contribution in [0.15, 0.2) is 35.3 Å². The summed E-state index contributed by atoms with van der Waals surface area (Å²) in [5.74, 6) is 1.42. The van der Waals surface area contributed by atoms with Gasteiger partial charge in [-0.05, 0) is 11.5 Å². The molecule has 2 rings (SSSR count). The Bertz CT molecular complexity index is 400. The Kier molecular flexibility index (Phi) is 4.37. The van der Waals surface area contributed by atoms with E-state index in [2.05, 4.69) is 31.0 Å². The van der Waals surface area contributed by atoms with Gasteiger partial charge in [0.2, 0.25) is 0 Å². The first-order valence-corrected chi connectivity index (χ1v) is 6.48. The standard InChI is InChI=1S/C15H21NO2/c1-11(2)9-14-16-13(10-17-3)15(18-14)12-7-5-4-6-8-12/h4-8,11,13,15H,9-10H2,1-3H3/t13?,15-/m0/s1. The van der Waals surface area contributed by atoms with E-state index in [-0.39, 0.29) is 12.1 Å². The first-order valence-electron chi connectivity index (χ1n) is 6.48. The van der Waals surface area contributed by atoms with Crippen LogP contribution in [-0.4, -0.2) is 25.7 Å². The second-order valence-corrected chi connectivity index (χ2v) is 5.09. The van der Waals surface area contributed by atoms with E-state index in [1.54, 1.807) is 7.11 Å². The topological polar surface area (TPSA) is 30.8 Å². The molecule has 0 spiro atoms. The number of aliphatic imine (C=N–C) groups is 1. The minimum Gasteiger partial charge on any atom is -0.471 e. The monoisotopic (exact) mass is 247 g/mol. The average Bonchev–Trinajstić information content (AvgIpc) is 2.73. The molecule has 0 aromatic heterocycles. The van der Waals surface area contributed by atoms with Gasteiger partial charge in [0, 0.05) is 13.5 Å². The molecule has 0 aliphatic carbocycles. The van der Waals surface area contributed by atoms with E-state index in [9.17, 15) is 0 Å². The van der Waals surface area contributed by atoms with E-state index < -0.39 is 0 Å². The molecule has 0 amide bonds. The second-order valence-electron chi connectivity index (χ2n) is 5.09. The molecule has 1 aliphatic rings. The maximum absolute atomic E-state index is 5.99. The Morgan fingerprint density at radius 3 is 2.61 bits per heavy atom. The fraction of sp³-hybridized carbons (Fsp3) is 0.533. The molecule has 1 unspecified atom stereocenters. The Balaban J connectivity index is 2.12. The molecule has 0 saturated carbocycles. The van der Waals surface area contributed by atoms with Gasteiger partial charge in [-0.15, -0.1) is 0 Å². The molecule has 2 atom stereocenters. The summed E-state index contributed by atoms with van der Waals surface area (Å²) in [4.78, 5) is 4.65. The molecule has 1 aliphatic heterocycles. The van der Waals surface area contributed by atoms with Crippen LogP contribution in [0, 0.1) is 5.92 Å². The fourth-order valence-corrected chi connectivity index (χ4v) is 2.19. The van der Waals surface area contributed by atoms with Gasteiger partial charge in [-0.2, -0.15) is 0 Å². The van der Waals surface area contributed by atoms with Crippen LogP contribution in [0.1, 0.15) is 31.9 Å². The van der Waals surface area contributed by atoms with Crippen LogP contribution in [0.5, 0.6) is 0 Å². The van der Waals surface area contributed by atoms with Gasteiger partial charge in [0.15, 0.2) is 5.90 Å². The summed E-state index contributed by atoms with van der Waals surface area (Å²) in [6.45, 7) is 4.95. The lowest BCUT2D eigenvalue weighted by Crippen LogP contribution is -2.19. The maximum Gasteiger partial charge on any atom is 0.184 e. The van der Waals surface area contributed by atoms with Gasteiger partial charge in [0.25, 0.3) is 0 Å². The summed E-state index contributed by atoms with van der Waals surface area (Å²) in [5, 5.41) is 0. The van der Waals surface area contributed by atoms with Crippen LogP contribution >= 0.6 is 0 Å². The third kappa shape index (κ3) is 3.10. The number of nitrogens with zero attached hydrogens (tertiary/aromatic N) is 1. The fourth-order valence-electron chi connectivity index (χ4n) is 2.19. The summed E-state index contributed by atoms with van der Waals surface area (Å²) in [5.41, 5.74) is 1.17. The summed E-state index contributed by atoms with van der Waals surface area (Å²) < 4.78 is 11.2. The van der Waals surface area contributed by atoms with Crippen molar-refractivity contribution < 1.29 is 9.47 Å². The number of benzene rings is 1. The normalized spacial score (nSPS) is 23.0. The predicted molar refractivity (Wildman–Crippen MR) is 72.8 cm³/mol. The third-order valence-corrected chi connectivity index (χ3v) is 2.97. The van der Waals surface area contributed by atoms with Crippen LogP contribution in [0.25, 0.3) is 0 Å². The molecule has 98 valence electrons. The van der Waals surface area contributed by atoms with E-state index >= 15 is 0 Å². The minimum atomic E-state index is -0.0000926. The van der Waals surface area contributed by atoms with E-state index in [0.29, 0.717) is 12.5 Å². The second kappa shape index (κ2) is 6.01. The predicted octanol–water partition coefficient (Wildman–Crippen LogP) is 3.22. The quantitative estimate of drug-likeness (QED) is 0.800. The summed E-state index contributed by atoms with van der Waals surface area (Å²) >= 11 is 0. The van der Waals surface area contributed by atoms with Crippen molar-refractivity contribution in [2.45, 2.75) is 32.4 Å². The molecule has 1 aromatic rings. The first-order chi connectivity index (χ1) is 8.70. The van der Waals surface area contributed by atoms with Crippen molar-refractivity contribution in [1.29, 1.82) is 0 Å². The highest BCUT2D eigenvalue weighted by Crippen LogP contribution is 2.30. The zero-order chi connectivity index (χ0) is 13.0. The Hall–Kier alpha value is -1.35. The van der Waals surface area contributed by atoms with Gasteiger partial charge in [0.1, 0.15) is 12.1 Å². The lowest BCUT2D eigenvalue weighted by Gasteiger charge is -2.17. The van der Waals surface area contributed by atoms with Gasteiger partial charge in [-0.3, -0.25) is 0 Å². The van der Waals surface area contributed by atoms with Gasteiger partial charge < -0.3 is 9.47 Å². The van der Waals surface area contributed by atoms with E-state index in [4.69, 9.17) is 9.47 Å². The highest BCUT2D eigenvalue weighted by Gasteiger charge is 2.32. The Morgan fingerprint density at radius 1 is 1.28 bits per heavy atom. The SMILES string of the molecule is COCC1N=C(CC(C)C)O[C@H]1c1ccccc1. The van der Waals surface area contributed by atoms with E-state index in [0.717, 1.165) is 12.3 Å². The first kappa shape index (κ1) is 13.1. The number of hydrogen-bond acceptors (Lipinski definition) is 3. The summed E-state index contributed by atoms with van der Waals surface area (Å²) in [6, 6.07) is 10.3. The van der Waals surface area contributed by atoms with Crippen molar-refractivity contribution in [2.75, 3.05) is 13.7 Å². The molecule has 3 nitrogen and oxygen atoms in total. The molecule has 0 bridgehead atoms. The molecular formula is C15H21NO2. The molecule has 0 fully saturated rings. The molecule has 0 N–H and O–H groups in total. The average molecular weight is 247 g/mol. The van der Waals surface area contributed by atoms with Crippen molar-refractivity contribution >= 4 is 5.90 Å². The van der Waals surface area contributed by atoms with Gasteiger partial charge in [-0.1, -0.05) is 44.2 Å². The van der Waals surface area contributed by atoms with Crippen LogP contribution in [-0.2, 0) is 9.47 Å². The zero-order valence-electron chi connectivity index (χ0n) is 11.3. The molecule has 1 heterocycles. The van der Waals surface area contributed by atoms with Crippen LogP contribution in [0.3, 0.4) is 0 Å². The molecule has 18 heavy (non-hydrogen) atoms. The van der Waals surface area contributed by atoms with Crippen molar-refractivity contribution in [3.8, 4) is 0 Å². The third-order valence-electron chi connectivity index (χ3n) is 2.97. The number of ether oxygens (including phenoxy) is 2. The minimum absolute atomic E-state index is 0.0000926. The van der Waals surface area contributed by atoms with Crippen molar-refractivity contribution in [1.82, 2.24) is 0 Å². The van der Waals surface area contributed by atoms with Gasteiger partial charge in [0.05, 0.1) is 6.61 Å². The Labute approximate surface area is 109 Å². The molecule has 1 aromatic carbocycles. The number of rotatable bonds is 5. The summed E-state index contributed by atoms with van der Waals surface area (Å²) in [6.07, 6.45) is 0.892. The molecular weight excluding hydrogens is 226 g/mol. The smallest absolute Gasteiger partial charge is 0.184 e. The Morgan fingerprint density at radius 2 is 2.00 bits per heavy atom. The van der Waals surface area contributed by atoms with E-state index in [1.807, 2.05) is 18.2 Å².